The molecule has 1 N–H and O–H groups in total. The van der Waals surface area contributed by atoms with Crippen molar-refractivity contribution in [3.63, 3.8) is 0 Å². The van der Waals surface area contributed by atoms with Gasteiger partial charge in [-0.25, -0.2) is 17.5 Å². The van der Waals surface area contributed by atoms with Crippen molar-refractivity contribution in [2.75, 3.05) is 31.6 Å². The molecule has 9 nitrogen and oxygen atoms in total. The third kappa shape index (κ3) is 5.35. The summed E-state index contributed by atoms with van der Waals surface area (Å²) >= 11 is 6.30. The predicted octanol–water partition coefficient (Wildman–Crippen LogP) is 3.11. The Morgan fingerprint density at radius 2 is 2.11 bits per heavy atom. The second-order valence-electron chi connectivity index (χ2n) is 9.06. The molecule has 2 aliphatic rings. The molecule has 3 atom stereocenters. The highest BCUT2D eigenvalue weighted by Gasteiger charge is 2.36. The lowest BCUT2D eigenvalue weighted by Gasteiger charge is -2.36. The highest BCUT2D eigenvalue weighted by Crippen LogP contribution is 2.31. The van der Waals surface area contributed by atoms with Gasteiger partial charge in [0.1, 0.15) is 5.02 Å². The Bertz CT molecular complexity index is 1270. The zero-order chi connectivity index (χ0) is 25.2. The van der Waals surface area contributed by atoms with Gasteiger partial charge in [0.05, 0.1) is 47.6 Å². The van der Waals surface area contributed by atoms with Crippen LogP contribution in [0.3, 0.4) is 0 Å². The first-order chi connectivity index (χ1) is 16.6. The zero-order valence-electron chi connectivity index (χ0n) is 19.3. The molecule has 0 spiro atoms. The highest BCUT2D eigenvalue weighted by atomic mass is 35.5. The fraction of sp³-hybridized carbons (Fsp3) is 0.522. The van der Waals surface area contributed by atoms with E-state index in [1.165, 1.54) is 39.4 Å². The van der Waals surface area contributed by atoms with E-state index in [-0.39, 0.29) is 41.3 Å². The maximum Gasteiger partial charge on any atom is 0.287 e. The summed E-state index contributed by atoms with van der Waals surface area (Å²) in [5.41, 5.74) is -1.40. The van der Waals surface area contributed by atoms with Crippen molar-refractivity contribution in [3.05, 3.63) is 51.4 Å². The van der Waals surface area contributed by atoms with Crippen LogP contribution in [0.5, 0.6) is 0 Å². The number of piperidine rings is 1. The summed E-state index contributed by atoms with van der Waals surface area (Å²) in [7, 11) is -3.76. The predicted molar refractivity (Wildman–Crippen MR) is 129 cm³/mol. The van der Waals surface area contributed by atoms with Gasteiger partial charge in [-0.2, -0.15) is 14.7 Å². The Kier molecular flexibility index (Phi) is 7.47. The number of alkyl halides is 1. The first-order valence-electron chi connectivity index (χ1n) is 11.4. The summed E-state index contributed by atoms with van der Waals surface area (Å²) in [6, 6.07) is 7.03. The van der Waals surface area contributed by atoms with E-state index in [1.807, 2.05) is 6.07 Å². The lowest BCUT2D eigenvalue weighted by atomic mass is 9.99. The summed E-state index contributed by atoms with van der Waals surface area (Å²) in [5.74, 6) is 0. The van der Waals surface area contributed by atoms with E-state index in [0.717, 1.165) is 0 Å². The summed E-state index contributed by atoms with van der Waals surface area (Å²) in [6.45, 7) is 2.47. The van der Waals surface area contributed by atoms with Gasteiger partial charge in [-0.1, -0.05) is 11.6 Å². The first kappa shape index (κ1) is 25.6. The third-order valence-electron chi connectivity index (χ3n) is 6.54. The van der Waals surface area contributed by atoms with Crippen LogP contribution in [-0.4, -0.2) is 60.5 Å². The number of anilines is 1. The molecule has 0 unspecified atom stereocenters. The van der Waals surface area contributed by atoms with Crippen LogP contribution in [0.4, 0.5) is 10.1 Å². The average Bonchev–Trinajstić information content (AvgIpc) is 2.85. The zero-order valence-corrected chi connectivity index (χ0v) is 20.9. The molecule has 2 saturated heterocycles. The molecular formula is C23H27ClFN5O4S. The van der Waals surface area contributed by atoms with E-state index >= 15 is 0 Å². The van der Waals surface area contributed by atoms with E-state index in [9.17, 15) is 17.6 Å². The van der Waals surface area contributed by atoms with E-state index in [2.05, 4.69) is 10.4 Å². The molecule has 188 valence electrons. The summed E-state index contributed by atoms with van der Waals surface area (Å²) in [6.07, 6.45) is 3.14. The Morgan fingerprint density at radius 1 is 1.37 bits per heavy atom. The van der Waals surface area contributed by atoms with Crippen molar-refractivity contribution < 1.29 is 17.5 Å². The van der Waals surface area contributed by atoms with Crippen LogP contribution in [0.1, 0.15) is 44.2 Å². The van der Waals surface area contributed by atoms with Gasteiger partial charge in [-0.05, 0) is 56.9 Å². The van der Waals surface area contributed by atoms with Crippen molar-refractivity contribution in [1.29, 1.82) is 5.26 Å². The van der Waals surface area contributed by atoms with Crippen LogP contribution in [-0.2, 0) is 14.8 Å². The number of nitrogens with zero attached hydrogens (tertiary/aromatic N) is 4. The van der Waals surface area contributed by atoms with E-state index in [1.54, 1.807) is 6.92 Å². The van der Waals surface area contributed by atoms with Crippen molar-refractivity contribution in [3.8, 4) is 6.07 Å². The molecule has 4 rings (SSSR count). The van der Waals surface area contributed by atoms with E-state index in [4.69, 9.17) is 21.6 Å². The van der Waals surface area contributed by atoms with Gasteiger partial charge in [-0.15, -0.1) is 0 Å². The van der Waals surface area contributed by atoms with E-state index in [0.29, 0.717) is 37.9 Å². The highest BCUT2D eigenvalue weighted by molar-refractivity contribution is 7.89. The molecule has 0 amide bonds. The van der Waals surface area contributed by atoms with Crippen LogP contribution in [0.15, 0.2) is 40.2 Å². The minimum atomic E-state index is -3.76. The number of sulfonamides is 1. The van der Waals surface area contributed by atoms with Gasteiger partial charge in [0.25, 0.3) is 5.56 Å². The summed E-state index contributed by atoms with van der Waals surface area (Å²) < 4.78 is 48.9. The quantitative estimate of drug-likeness (QED) is 0.618. The Morgan fingerprint density at radius 3 is 2.74 bits per heavy atom. The largest absolute Gasteiger partial charge is 0.379 e. The number of hydrogen-bond acceptors (Lipinski definition) is 7. The normalized spacial score (nSPS) is 25.7. The van der Waals surface area contributed by atoms with Gasteiger partial charge in [0.15, 0.2) is 5.67 Å². The number of ether oxygens (including phenoxy) is 1. The van der Waals surface area contributed by atoms with Gasteiger partial charge in [0, 0.05) is 19.2 Å². The van der Waals surface area contributed by atoms with Gasteiger partial charge in [-0.3, -0.25) is 4.79 Å². The van der Waals surface area contributed by atoms with Crippen LogP contribution in [0, 0.1) is 11.3 Å². The number of rotatable bonds is 6. The second kappa shape index (κ2) is 10.2. The van der Waals surface area contributed by atoms with Crippen molar-refractivity contribution >= 4 is 27.3 Å². The SMILES string of the molecule is C[C@H]1C[C@H](n2ncc(NC[C@@]3(F)CCCOC3)c(Cl)c2=O)CCN1S(=O)(=O)c1ccc(C#N)cc1. The maximum absolute atomic E-state index is 14.8. The van der Waals surface area contributed by atoms with Gasteiger partial charge >= 0.3 is 0 Å². The molecular weight excluding hydrogens is 497 g/mol. The number of nitrogens with one attached hydrogen (secondary N) is 1. The standard InChI is InChI=1S/C23H27ClFN5O4S/c1-16-11-18(7-9-29(16)35(32,33)19-5-3-17(12-26)4-6-19)30-22(31)21(24)20(13-28-30)27-14-23(25)8-2-10-34-15-23/h3-6,13,16,18,27H,2,7-11,14-15H2,1H3/t16-,18+,23-/m0/s1. The molecule has 12 heteroatoms. The molecule has 1 aromatic heterocycles. The third-order valence-corrected chi connectivity index (χ3v) is 8.93. The molecule has 0 aliphatic carbocycles. The number of halogens is 2. The molecule has 3 heterocycles. The van der Waals surface area contributed by atoms with Crippen LogP contribution < -0.4 is 10.9 Å². The number of aromatic nitrogens is 2. The van der Waals surface area contributed by atoms with Crippen LogP contribution >= 0.6 is 11.6 Å². The first-order valence-corrected chi connectivity index (χ1v) is 13.3. The lowest BCUT2D eigenvalue weighted by molar-refractivity contribution is -0.0234. The smallest absolute Gasteiger partial charge is 0.287 e. The average molecular weight is 524 g/mol. The molecule has 35 heavy (non-hydrogen) atoms. The van der Waals surface area contributed by atoms with Crippen LogP contribution in [0.2, 0.25) is 5.02 Å². The maximum atomic E-state index is 14.8. The monoisotopic (exact) mass is 523 g/mol. The molecule has 2 aliphatic heterocycles. The molecule has 2 aromatic rings. The Balaban J connectivity index is 1.45. The topological polar surface area (TPSA) is 117 Å². The number of hydrogen-bond donors (Lipinski definition) is 1. The summed E-state index contributed by atoms with van der Waals surface area (Å²) in [4.78, 5) is 13.1. The summed E-state index contributed by atoms with van der Waals surface area (Å²) in [5, 5.41) is 16.0. The van der Waals surface area contributed by atoms with Crippen molar-refractivity contribution in [2.45, 2.75) is 55.3 Å². The minimum Gasteiger partial charge on any atom is -0.379 e. The van der Waals surface area contributed by atoms with Gasteiger partial charge < -0.3 is 10.1 Å². The van der Waals surface area contributed by atoms with Crippen molar-refractivity contribution in [2.24, 2.45) is 0 Å². The van der Waals surface area contributed by atoms with E-state index < -0.39 is 27.3 Å². The van der Waals surface area contributed by atoms with Crippen molar-refractivity contribution in [1.82, 2.24) is 14.1 Å². The molecule has 1 aromatic carbocycles. The molecule has 2 fully saturated rings. The second-order valence-corrected chi connectivity index (χ2v) is 11.3. The number of benzene rings is 1. The fourth-order valence-corrected chi connectivity index (χ4v) is 6.44. The van der Waals surface area contributed by atoms with Gasteiger partial charge in [0.2, 0.25) is 10.0 Å². The molecule has 0 bridgehead atoms. The number of nitriles is 1. The van der Waals surface area contributed by atoms with Crippen LogP contribution in [0.25, 0.3) is 0 Å². The fourth-order valence-electron chi connectivity index (χ4n) is 4.58. The molecule has 0 radical (unpaired) electrons. The lowest BCUT2D eigenvalue weighted by Crippen LogP contribution is -2.46. The Hall–Kier alpha value is -2.52. The minimum absolute atomic E-state index is 0.00997. The Labute approximate surface area is 208 Å². The molecule has 0 saturated carbocycles.